The number of para-hydroxylation sites is 2. The van der Waals surface area contributed by atoms with Gasteiger partial charge in [-0.05, 0) is 60.7 Å². The lowest BCUT2D eigenvalue weighted by Gasteiger charge is -2.13. The maximum atomic E-state index is 5.22. The summed E-state index contributed by atoms with van der Waals surface area (Å²) in [7, 11) is 0. The molecule has 238 valence electrons. The molecule has 0 spiro atoms. The van der Waals surface area contributed by atoms with Crippen LogP contribution in [0.2, 0.25) is 0 Å². The van der Waals surface area contributed by atoms with Gasteiger partial charge in [0.2, 0.25) is 0 Å². The van der Waals surface area contributed by atoms with E-state index in [1.54, 1.807) is 0 Å². The molecule has 51 heavy (non-hydrogen) atoms. The minimum Gasteiger partial charge on any atom is -0.316 e. The summed E-state index contributed by atoms with van der Waals surface area (Å²) in [5, 5.41) is 7.34. The number of aromatic nitrogens is 4. The molecular formula is C46H28N4S. The van der Waals surface area contributed by atoms with Crippen LogP contribution in [0.15, 0.2) is 170 Å². The molecule has 0 unspecified atom stereocenters. The Morgan fingerprint density at radius 2 is 1.18 bits per heavy atom. The van der Waals surface area contributed by atoms with Crippen LogP contribution in [0.5, 0.6) is 0 Å². The van der Waals surface area contributed by atoms with Crippen molar-refractivity contribution in [1.82, 2.24) is 19.1 Å². The third-order valence-corrected chi connectivity index (χ3v) is 11.3. The normalized spacial score (nSPS) is 11.9. The van der Waals surface area contributed by atoms with Crippen LogP contribution in [-0.4, -0.2) is 19.1 Å². The zero-order valence-corrected chi connectivity index (χ0v) is 28.2. The Kier molecular flexibility index (Phi) is 6.09. The third kappa shape index (κ3) is 4.32. The Morgan fingerprint density at radius 3 is 2.06 bits per heavy atom. The Labute approximate surface area is 297 Å². The van der Waals surface area contributed by atoms with Crippen LogP contribution in [-0.2, 0) is 0 Å². The van der Waals surface area contributed by atoms with Crippen molar-refractivity contribution in [2.75, 3.05) is 0 Å². The molecule has 4 nitrogen and oxygen atoms in total. The molecule has 0 fully saturated rings. The first-order valence-corrected chi connectivity index (χ1v) is 18.0. The largest absolute Gasteiger partial charge is 0.316 e. The molecule has 0 atom stereocenters. The summed E-state index contributed by atoms with van der Waals surface area (Å²) in [6.07, 6.45) is 2.19. The lowest BCUT2D eigenvalue weighted by molar-refractivity contribution is 1.13. The van der Waals surface area contributed by atoms with Crippen molar-refractivity contribution in [3.8, 4) is 34.0 Å². The smallest absolute Gasteiger partial charge is 0.160 e. The van der Waals surface area contributed by atoms with Gasteiger partial charge in [-0.2, -0.15) is 0 Å². The van der Waals surface area contributed by atoms with Gasteiger partial charge in [0.15, 0.2) is 5.82 Å². The molecule has 4 aromatic heterocycles. The first-order chi connectivity index (χ1) is 25.3. The summed E-state index contributed by atoms with van der Waals surface area (Å²) in [5.74, 6) is 0.711. The standard InChI is InChI=1S/C46H28N4S/c1-3-12-29(13-4-1)44-35-19-7-9-20-39(35)47-46(48-44)30-14-11-17-32(26-30)50-41-28-43-38(33-18-8-10-21-42(33)51-43)27-37(41)34-22-23-40-36(45(34)50)24-25-49(40)31-15-5-2-6-16-31/h1-28H. The molecule has 0 radical (unpaired) electrons. The van der Waals surface area contributed by atoms with Gasteiger partial charge in [0.05, 0.1) is 27.8 Å². The minimum absolute atomic E-state index is 0.711. The van der Waals surface area contributed by atoms with Crippen molar-refractivity contribution in [1.29, 1.82) is 0 Å². The van der Waals surface area contributed by atoms with E-state index >= 15 is 0 Å². The first kappa shape index (κ1) is 28.3. The molecule has 0 aliphatic rings. The Bertz CT molecular complexity index is 3130. The fraction of sp³-hybridized carbons (Fsp3) is 0. The first-order valence-electron chi connectivity index (χ1n) is 17.2. The molecule has 0 saturated heterocycles. The monoisotopic (exact) mass is 668 g/mol. The van der Waals surface area contributed by atoms with Crippen molar-refractivity contribution in [3.05, 3.63) is 170 Å². The highest BCUT2D eigenvalue weighted by molar-refractivity contribution is 7.25. The molecule has 0 aliphatic carbocycles. The second kappa shape index (κ2) is 11.0. The number of rotatable bonds is 4. The zero-order valence-electron chi connectivity index (χ0n) is 27.4. The molecule has 0 aliphatic heterocycles. The summed E-state index contributed by atoms with van der Waals surface area (Å²) in [4.78, 5) is 10.3. The van der Waals surface area contributed by atoms with Gasteiger partial charge in [-0.15, -0.1) is 11.3 Å². The van der Waals surface area contributed by atoms with Gasteiger partial charge in [-0.3, -0.25) is 0 Å². The van der Waals surface area contributed by atoms with E-state index in [0.717, 1.165) is 39.1 Å². The molecular weight excluding hydrogens is 641 g/mol. The topological polar surface area (TPSA) is 35.6 Å². The number of fused-ring (bicyclic) bond motifs is 9. The van der Waals surface area contributed by atoms with Crippen LogP contribution < -0.4 is 0 Å². The van der Waals surface area contributed by atoms with Crippen molar-refractivity contribution >= 4 is 75.1 Å². The molecule has 5 heteroatoms. The van der Waals surface area contributed by atoms with E-state index in [4.69, 9.17) is 9.97 Å². The lowest BCUT2D eigenvalue weighted by Crippen LogP contribution is -1.98. The number of benzene rings is 7. The Morgan fingerprint density at radius 1 is 0.431 bits per heavy atom. The SMILES string of the molecule is c1ccc(-c2nc(-c3cccc(-n4c5cc6sc7ccccc7c6cc5c5ccc6c(ccn6-c6ccccc6)c54)c3)nc3ccccc23)cc1. The zero-order chi connectivity index (χ0) is 33.5. The van der Waals surface area contributed by atoms with Crippen LogP contribution in [0.25, 0.3) is 97.8 Å². The fourth-order valence-corrected chi connectivity index (χ4v) is 8.95. The van der Waals surface area contributed by atoms with Gasteiger partial charge in [-0.1, -0.05) is 103 Å². The predicted octanol–water partition coefficient (Wildman–Crippen LogP) is 12.4. The van der Waals surface area contributed by atoms with Crippen LogP contribution in [0.1, 0.15) is 0 Å². The van der Waals surface area contributed by atoms with Crippen molar-refractivity contribution in [3.63, 3.8) is 0 Å². The van der Waals surface area contributed by atoms with Gasteiger partial charge in [0.1, 0.15) is 0 Å². The molecule has 0 saturated carbocycles. The third-order valence-electron chi connectivity index (χ3n) is 10.1. The predicted molar refractivity (Wildman–Crippen MR) is 214 cm³/mol. The highest BCUT2D eigenvalue weighted by Crippen LogP contribution is 2.43. The van der Waals surface area contributed by atoms with Gasteiger partial charge in [-0.25, -0.2) is 9.97 Å². The number of nitrogens with zero attached hydrogens (tertiary/aromatic N) is 4. The molecule has 4 heterocycles. The molecule has 0 bridgehead atoms. The molecule has 11 aromatic rings. The van der Waals surface area contributed by atoms with Gasteiger partial charge >= 0.3 is 0 Å². The maximum absolute atomic E-state index is 5.22. The van der Waals surface area contributed by atoms with Crippen LogP contribution in [0.3, 0.4) is 0 Å². The fourth-order valence-electron chi connectivity index (χ4n) is 7.83. The van der Waals surface area contributed by atoms with Crippen molar-refractivity contribution < 1.29 is 0 Å². The number of hydrogen-bond donors (Lipinski definition) is 0. The van der Waals surface area contributed by atoms with Crippen LogP contribution >= 0.6 is 11.3 Å². The number of thiophene rings is 1. The van der Waals surface area contributed by atoms with Gasteiger partial charge in [0, 0.05) is 70.4 Å². The quantitative estimate of drug-likeness (QED) is 0.187. The molecule has 11 rings (SSSR count). The van der Waals surface area contributed by atoms with E-state index in [2.05, 4.69) is 167 Å². The van der Waals surface area contributed by atoms with E-state index in [1.165, 1.54) is 52.9 Å². The second-order valence-corrected chi connectivity index (χ2v) is 14.1. The van der Waals surface area contributed by atoms with Crippen LogP contribution in [0, 0.1) is 0 Å². The average molecular weight is 669 g/mol. The van der Waals surface area contributed by atoms with E-state index in [1.807, 2.05) is 23.5 Å². The van der Waals surface area contributed by atoms with Crippen molar-refractivity contribution in [2.45, 2.75) is 0 Å². The summed E-state index contributed by atoms with van der Waals surface area (Å²) in [6, 6.07) is 58.4. The Hall–Kier alpha value is -6.56. The van der Waals surface area contributed by atoms with Gasteiger partial charge < -0.3 is 9.13 Å². The van der Waals surface area contributed by atoms with Crippen LogP contribution in [0.4, 0.5) is 0 Å². The summed E-state index contributed by atoms with van der Waals surface area (Å²) in [5.41, 5.74) is 9.69. The highest BCUT2D eigenvalue weighted by Gasteiger charge is 2.20. The highest BCUT2D eigenvalue weighted by atomic mass is 32.1. The van der Waals surface area contributed by atoms with E-state index < -0.39 is 0 Å². The van der Waals surface area contributed by atoms with Crippen molar-refractivity contribution in [2.24, 2.45) is 0 Å². The lowest BCUT2D eigenvalue weighted by atomic mass is 10.1. The number of hydrogen-bond acceptors (Lipinski definition) is 3. The summed E-state index contributed by atoms with van der Waals surface area (Å²) < 4.78 is 7.33. The minimum atomic E-state index is 0.711. The van der Waals surface area contributed by atoms with E-state index in [9.17, 15) is 0 Å². The summed E-state index contributed by atoms with van der Waals surface area (Å²) >= 11 is 1.86. The van der Waals surface area contributed by atoms with Gasteiger partial charge in [0.25, 0.3) is 0 Å². The average Bonchev–Trinajstić information content (AvgIpc) is 3.89. The molecule has 0 amide bonds. The summed E-state index contributed by atoms with van der Waals surface area (Å²) in [6.45, 7) is 0. The molecule has 7 aromatic carbocycles. The van der Waals surface area contributed by atoms with E-state index in [0.29, 0.717) is 5.82 Å². The van der Waals surface area contributed by atoms with E-state index in [-0.39, 0.29) is 0 Å². The molecule has 0 N–H and O–H groups in total. The Balaban J connectivity index is 1.20. The second-order valence-electron chi connectivity index (χ2n) is 13.0. The maximum Gasteiger partial charge on any atom is 0.160 e.